The van der Waals surface area contributed by atoms with Crippen molar-refractivity contribution in [1.82, 2.24) is 0 Å². The monoisotopic (exact) mass is 1570 g/mol. The smallest absolute Gasteiger partial charge is 0.463 e. The van der Waals surface area contributed by atoms with Gasteiger partial charge in [0.1, 0.15) is 25.4 Å². The molecule has 5 unspecified atom stereocenters. The number of phosphoric ester groups is 2. The van der Waals surface area contributed by atoms with Crippen LogP contribution in [0.3, 0.4) is 0 Å². The number of aliphatic hydroxyl groups is 2. The number of esters is 3. The summed E-state index contributed by atoms with van der Waals surface area (Å²) in [5.41, 5.74) is 0. The molecule has 0 radical (unpaired) electrons. The van der Waals surface area contributed by atoms with E-state index in [9.17, 15) is 43.5 Å². The normalized spacial score (nSPS) is 14.5. The van der Waals surface area contributed by atoms with Gasteiger partial charge >= 0.3 is 33.6 Å². The summed E-state index contributed by atoms with van der Waals surface area (Å²) in [6.07, 6.45) is 102. The van der Waals surface area contributed by atoms with Crippen molar-refractivity contribution in [3.05, 3.63) is 134 Å². The average Bonchev–Trinajstić information content (AvgIpc) is 0.916. The van der Waals surface area contributed by atoms with Crippen LogP contribution in [-0.4, -0.2) is 95.9 Å². The molecule has 18 heteroatoms. The van der Waals surface area contributed by atoms with E-state index in [1.165, 1.54) is 167 Å². The molecule has 0 aliphatic heterocycles. The molecule has 0 aromatic rings. The van der Waals surface area contributed by atoms with Crippen LogP contribution in [0.4, 0.5) is 0 Å². The van der Waals surface area contributed by atoms with Gasteiger partial charge in [-0.05, 0) is 116 Å². The zero-order valence-corrected chi connectivity index (χ0v) is 70.7. The topological polar surface area (TPSA) is 231 Å². The minimum Gasteiger partial charge on any atom is -0.463 e. The number of hydrogen-bond donors (Lipinski definition) is 4. The molecule has 0 bridgehead atoms. The predicted molar refractivity (Wildman–Crippen MR) is 454 cm³/mol. The summed E-state index contributed by atoms with van der Waals surface area (Å²) in [5, 5.41) is 20.7. The fourth-order valence-corrected chi connectivity index (χ4v) is 13.4. The molecular weight excluding hydrogens is 1410 g/mol. The highest BCUT2D eigenvalue weighted by atomic mass is 31.2. The van der Waals surface area contributed by atoms with Gasteiger partial charge in [-0.25, -0.2) is 9.13 Å². The maximum atomic E-state index is 13.0. The Morgan fingerprint density at radius 2 is 0.486 bits per heavy atom. The molecule has 0 fully saturated rings. The fourth-order valence-electron chi connectivity index (χ4n) is 11.8. The Kier molecular flexibility index (Phi) is 79.8. The van der Waals surface area contributed by atoms with Gasteiger partial charge in [0, 0.05) is 19.3 Å². The van der Waals surface area contributed by atoms with Crippen LogP contribution in [0.15, 0.2) is 134 Å². The van der Waals surface area contributed by atoms with Crippen LogP contribution in [-0.2, 0) is 55.8 Å². The highest BCUT2D eigenvalue weighted by Gasteiger charge is 2.29. The van der Waals surface area contributed by atoms with Gasteiger partial charge in [-0.1, -0.05) is 366 Å². The minimum atomic E-state index is -4.94. The first-order chi connectivity index (χ1) is 53.2. The third-order valence-corrected chi connectivity index (χ3v) is 20.3. The molecule has 0 saturated carbocycles. The Bertz CT molecular complexity index is 2510. The Morgan fingerprint density at radius 3 is 0.771 bits per heavy atom. The van der Waals surface area contributed by atoms with E-state index in [1.54, 1.807) is 0 Å². The van der Waals surface area contributed by atoms with E-state index >= 15 is 0 Å². The lowest BCUT2D eigenvalue weighted by molar-refractivity contribution is -0.161. The van der Waals surface area contributed by atoms with Crippen LogP contribution in [0.25, 0.3) is 0 Å². The molecule has 0 heterocycles. The molecule has 16 nitrogen and oxygen atoms in total. The summed E-state index contributed by atoms with van der Waals surface area (Å²) in [5.74, 6) is -1.59. The van der Waals surface area contributed by atoms with E-state index in [0.717, 1.165) is 141 Å². The fraction of sp³-hybridized carbons (Fsp3) is 0.725. The van der Waals surface area contributed by atoms with Gasteiger partial charge in [-0.2, -0.15) is 0 Å². The third-order valence-electron chi connectivity index (χ3n) is 18.4. The van der Waals surface area contributed by atoms with Gasteiger partial charge in [0.15, 0.2) is 6.10 Å². The highest BCUT2D eigenvalue weighted by Crippen LogP contribution is 2.45. The molecule has 0 rings (SSSR count). The standard InChI is InChI=1S/C91H158O16P2/c1-4-7-10-13-16-19-22-25-28-30-32-34-36-37-38-39-40-41-42-43-44-45-46-47-49-51-52-54-57-59-62-65-68-71-74-77-89(94)101-80-86(92)81-103-108(97,98)104-82-87(93)83-105-109(99,100)106-85-88(107-91(96)79-76-73-70-67-64-61-56-27-24-21-18-15-12-9-6-3)84-102-90(95)78-75-72-69-66-63-60-58-55-53-50-48-35-33-31-29-26-23-20-17-14-11-8-5-2/h7-8,10-11,16-17,19-20,25-26,28-29,32-35,37-38,50,53,58,60,86-88,92-93H,4-6,9,12-15,18,21-24,27,30-31,36,39-49,51-52,54-57,59,61-85H2,1-3H3,(H,97,98)(H,99,100)/b10-7-,11-8-,19-16-,20-17-,28-25-,29-26-,34-32-,35-33-,38-37-,53-50-,60-58-. The summed E-state index contributed by atoms with van der Waals surface area (Å²) in [6, 6.07) is 0. The predicted octanol–water partition coefficient (Wildman–Crippen LogP) is 26.2. The van der Waals surface area contributed by atoms with Gasteiger partial charge in [-0.3, -0.25) is 32.5 Å². The Labute approximate surface area is 665 Å². The maximum absolute atomic E-state index is 13.0. The van der Waals surface area contributed by atoms with E-state index in [0.29, 0.717) is 19.3 Å². The highest BCUT2D eigenvalue weighted by molar-refractivity contribution is 7.47. The van der Waals surface area contributed by atoms with Gasteiger partial charge in [0.25, 0.3) is 0 Å². The van der Waals surface area contributed by atoms with Crippen LogP contribution >= 0.6 is 15.6 Å². The molecule has 0 aromatic carbocycles. The van der Waals surface area contributed by atoms with Crippen LogP contribution < -0.4 is 0 Å². The summed E-state index contributed by atoms with van der Waals surface area (Å²) >= 11 is 0. The molecule has 4 N–H and O–H groups in total. The molecule has 0 spiro atoms. The third kappa shape index (κ3) is 84.4. The maximum Gasteiger partial charge on any atom is 0.472 e. The first kappa shape index (κ1) is 105. The van der Waals surface area contributed by atoms with Gasteiger partial charge in [0.2, 0.25) is 0 Å². The summed E-state index contributed by atoms with van der Waals surface area (Å²) in [4.78, 5) is 58.8. The van der Waals surface area contributed by atoms with Crippen molar-refractivity contribution in [3.63, 3.8) is 0 Å². The summed E-state index contributed by atoms with van der Waals surface area (Å²) < 4.78 is 61.3. The van der Waals surface area contributed by atoms with E-state index in [4.69, 9.17) is 32.3 Å². The quantitative estimate of drug-likeness (QED) is 0.0146. The Hall–Kier alpha value is -4.31. The lowest BCUT2D eigenvalue weighted by Crippen LogP contribution is -2.30. The van der Waals surface area contributed by atoms with Crippen molar-refractivity contribution < 1.29 is 75.8 Å². The zero-order chi connectivity index (χ0) is 79.4. The number of carbonyl (C=O) groups excluding carboxylic acids is 3. The summed E-state index contributed by atoms with van der Waals surface area (Å²) in [6.45, 7) is 2.47. The van der Waals surface area contributed by atoms with E-state index in [-0.39, 0.29) is 19.3 Å². The second-order valence-corrected chi connectivity index (χ2v) is 31.8. The largest absolute Gasteiger partial charge is 0.472 e. The van der Waals surface area contributed by atoms with Crippen molar-refractivity contribution in [2.24, 2.45) is 0 Å². The number of hydrogen-bond acceptors (Lipinski definition) is 14. The molecule has 0 aromatic heterocycles. The molecule has 0 aliphatic carbocycles. The van der Waals surface area contributed by atoms with Crippen LogP contribution in [0.2, 0.25) is 0 Å². The van der Waals surface area contributed by atoms with Crippen molar-refractivity contribution in [2.45, 2.75) is 386 Å². The molecule has 109 heavy (non-hydrogen) atoms. The average molecular weight is 1570 g/mol. The number of aliphatic hydroxyl groups excluding tert-OH is 2. The molecule has 5 atom stereocenters. The SMILES string of the molecule is CC/C=C\C/C=C\C/C=C\C/C=C\C/C=C\C/C=C\CCCCCCC(=O)OCC(COP(=O)(O)OCC(O)COP(=O)(O)OCC(O)COC(=O)CCCCCCCCCCCCCCCCCCCCC/C=C\C/C=C\C/C=C\C/C=C\C/C=C\CC)OC(=O)CCCCCCCCCCCCCCCCC. The van der Waals surface area contributed by atoms with Gasteiger partial charge in [0.05, 0.1) is 26.4 Å². The van der Waals surface area contributed by atoms with Crippen molar-refractivity contribution in [3.8, 4) is 0 Å². The number of rotatable bonds is 82. The Morgan fingerprint density at radius 1 is 0.266 bits per heavy atom. The second kappa shape index (κ2) is 83.1. The lowest BCUT2D eigenvalue weighted by atomic mass is 10.0. The molecule has 0 amide bonds. The lowest BCUT2D eigenvalue weighted by Gasteiger charge is -2.21. The number of allylic oxidation sites excluding steroid dienone is 22. The number of phosphoric acid groups is 2. The molecule has 628 valence electrons. The number of unbranched alkanes of at least 4 members (excludes halogenated alkanes) is 37. The minimum absolute atomic E-state index is 0.100. The van der Waals surface area contributed by atoms with Crippen LogP contribution in [0.5, 0.6) is 0 Å². The van der Waals surface area contributed by atoms with Crippen molar-refractivity contribution in [1.29, 1.82) is 0 Å². The van der Waals surface area contributed by atoms with E-state index < -0.39 is 91.5 Å². The molecule has 0 saturated heterocycles. The van der Waals surface area contributed by atoms with Gasteiger partial charge < -0.3 is 34.2 Å². The van der Waals surface area contributed by atoms with E-state index in [1.807, 2.05) is 0 Å². The van der Waals surface area contributed by atoms with Crippen molar-refractivity contribution in [2.75, 3.05) is 39.6 Å². The number of ether oxygens (including phenoxy) is 3. The first-order valence-electron chi connectivity index (χ1n) is 43.5. The molecular formula is C91H158O16P2. The summed E-state index contributed by atoms with van der Waals surface area (Å²) in [7, 11) is -9.80. The zero-order valence-electron chi connectivity index (χ0n) is 68.9. The number of carbonyl (C=O) groups is 3. The Balaban J connectivity index is 4.44. The first-order valence-corrected chi connectivity index (χ1v) is 46.5. The van der Waals surface area contributed by atoms with Crippen LogP contribution in [0, 0.1) is 0 Å². The van der Waals surface area contributed by atoms with Crippen molar-refractivity contribution >= 4 is 33.6 Å². The van der Waals surface area contributed by atoms with Crippen LogP contribution in [0.1, 0.15) is 367 Å². The molecule has 0 aliphatic rings. The second-order valence-electron chi connectivity index (χ2n) is 28.9. The van der Waals surface area contributed by atoms with E-state index in [2.05, 4.69) is 154 Å². The van der Waals surface area contributed by atoms with Gasteiger partial charge in [-0.15, -0.1) is 0 Å².